The van der Waals surface area contributed by atoms with Crippen LogP contribution in [0, 0.1) is 11.7 Å². The maximum absolute atomic E-state index is 13.0. The Labute approximate surface area is 149 Å². The Morgan fingerprint density at radius 3 is 1.96 bits per heavy atom. The molecule has 1 aromatic rings. The fourth-order valence-electron chi connectivity index (χ4n) is 3.83. The first kappa shape index (κ1) is 17.9. The lowest BCUT2D eigenvalue weighted by atomic mass is 9.94. The van der Waals surface area contributed by atoms with E-state index in [0.29, 0.717) is 18.7 Å². The van der Waals surface area contributed by atoms with E-state index in [1.807, 2.05) is 4.90 Å². The highest BCUT2D eigenvalue weighted by molar-refractivity contribution is 5.94. The van der Waals surface area contributed by atoms with Crippen LogP contribution in [-0.2, 0) is 4.79 Å². The Bertz CT molecular complexity index is 586. The van der Waals surface area contributed by atoms with Crippen molar-refractivity contribution in [3.8, 4) is 0 Å². The number of hydrogen-bond acceptors (Lipinski definition) is 2. The minimum absolute atomic E-state index is 0.0386. The van der Waals surface area contributed by atoms with Gasteiger partial charge in [-0.05, 0) is 49.9 Å². The van der Waals surface area contributed by atoms with Gasteiger partial charge in [-0.15, -0.1) is 0 Å². The van der Waals surface area contributed by atoms with Gasteiger partial charge in [0.25, 0.3) is 5.91 Å². The van der Waals surface area contributed by atoms with Crippen LogP contribution in [0.4, 0.5) is 4.39 Å². The van der Waals surface area contributed by atoms with Gasteiger partial charge in [0.1, 0.15) is 5.82 Å². The zero-order valence-electron chi connectivity index (χ0n) is 14.8. The third kappa shape index (κ3) is 4.59. The average Bonchev–Trinajstić information content (AvgIpc) is 2.61. The molecule has 0 unspecified atom stereocenters. The molecule has 2 aliphatic heterocycles. The summed E-state index contributed by atoms with van der Waals surface area (Å²) < 4.78 is 13.0. The van der Waals surface area contributed by atoms with Crippen LogP contribution < -0.4 is 0 Å². The standard InChI is InChI=1S/C20H27FN2O2/c21-18-8-6-16(7-9-18)19(24)23-14-10-17(11-15-23)20(25)22-12-4-2-1-3-5-13-22/h6-9,17H,1-5,10-15H2. The molecule has 3 rings (SSSR count). The largest absolute Gasteiger partial charge is 0.342 e. The Kier molecular flexibility index (Phi) is 6.05. The van der Waals surface area contributed by atoms with E-state index in [1.165, 1.54) is 43.5 Å². The number of amides is 2. The van der Waals surface area contributed by atoms with Gasteiger partial charge in [0.15, 0.2) is 0 Å². The highest BCUT2D eigenvalue weighted by Crippen LogP contribution is 2.23. The van der Waals surface area contributed by atoms with E-state index in [9.17, 15) is 14.0 Å². The maximum atomic E-state index is 13.0. The molecule has 0 bridgehead atoms. The van der Waals surface area contributed by atoms with E-state index in [-0.39, 0.29) is 23.5 Å². The summed E-state index contributed by atoms with van der Waals surface area (Å²) in [6, 6.07) is 5.67. The number of hydrogen-bond donors (Lipinski definition) is 0. The predicted molar refractivity (Wildman–Crippen MR) is 94.7 cm³/mol. The predicted octanol–water partition coefficient (Wildman–Crippen LogP) is 3.47. The first-order valence-electron chi connectivity index (χ1n) is 9.49. The van der Waals surface area contributed by atoms with Gasteiger partial charge in [-0.25, -0.2) is 4.39 Å². The molecule has 5 heteroatoms. The van der Waals surface area contributed by atoms with Crippen LogP contribution in [0.3, 0.4) is 0 Å². The smallest absolute Gasteiger partial charge is 0.253 e. The number of benzene rings is 1. The number of halogens is 1. The molecular weight excluding hydrogens is 319 g/mol. The quantitative estimate of drug-likeness (QED) is 0.823. The molecule has 2 saturated heterocycles. The summed E-state index contributed by atoms with van der Waals surface area (Å²) in [6.07, 6.45) is 7.38. The minimum Gasteiger partial charge on any atom is -0.342 e. The van der Waals surface area contributed by atoms with E-state index in [4.69, 9.17) is 0 Å². The van der Waals surface area contributed by atoms with Crippen molar-refractivity contribution in [3.05, 3.63) is 35.6 Å². The van der Waals surface area contributed by atoms with Crippen molar-refractivity contribution in [1.82, 2.24) is 9.80 Å². The summed E-state index contributed by atoms with van der Waals surface area (Å²) in [5.41, 5.74) is 0.509. The Morgan fingerprint density at radius 2 is 1.36 bits per heavy atom. The van der Waals surface area contributed by atoms with Crippen LogP contribution in [0.2, 0.25) is 0 Å². The summed E-state index contributed by atoms with van der Waals surface area (Å²) >= 11 is 0. The van der Waals surface area contributed by atoms with Crippen LogP contribution in [0.1, 0.15) is 55.3 Å². The van der Waals surface area contributed by atoms with Crippen LogP contribution >= 0.6 is 0 Å². The summed E-state index contributed by atoms with van der Waals surface area (Å²) in [5, 5.41) is 0. The molecule has 4 nitrogen and oxygen atoms in total. The lowest BCUT2D eigenvalue weighted by Gasteiger charge is -2.35. The molecule has 136 valence electrons. The zero-order chi connectivity index (χ0) is 17.6. The molecule has 2 amide bonds. The minimum atomic E-state index is -0.339. The van der Waals surface area contributed by atoms with Crippen LogP contribution in [0.5, 0.6) is 0 Å². The molecule has 2 heterocycles. The van der Waals surface area contributed by atoms with Crippen LogP contribution in [0.15, 0.2) is 24.3 Å². The second-order valence-electron chi connectivity index (χ2n) is 7.17. The second kappa shape index (κ2) is 8.45. The molecule has 0 aliphatic carbocycles. The molecule has 2 fully saturated rings. The molecule has 0 N–H and O–H groups in total. The number of carbonyl (C=O) groups is 2. The van der Waals surface area contributed by atoms with Gasteiger partial charge in [-0.1, -0.05) is 19.3 Å². The third-order valence-corrected chi connectivity index (χ3v) is 5.39. The van der Waals surface area contributed by atoms with Gasteiger partial charge in [0, 0.05) is 37.7 Å². The van der Waals surface area contributed by atoms with Gasteiger partial charge in [0.2, 0.25) is 5.91 Å². The van der Waals surface area contributed by atoms with E-state index in [1.54, 1.807) is 4.90 Å². The van der Waals surface area contributed by atoms with Gasteiger partial charge in [-0.2, -0.15) is 0 Å². The van der Waals surface area contributed by atoms with Crippen molar-refractivity contribution in [1.29, 1.82) is 0 Å². The zero-order valence-corrected chi connectivity index (χ0v) is 14.8. The Balaban J connectivity index is 1.53. The molecule has 0 radical (unpaired) electrons. The highest BCUT2D eigenvalue weighted by atomic mass is 19.1. The van der Waals surface area contributed by atoms with Crippen molar-refractivity contribution >= 4 is 11.8 Å². The van der Waals surface area contributed by atoms with Crippen LogP contribution in [-0.4, -0.2) is 47.8 Å². The topological polar surface area (TPSA) is 40.6 Å². The highest BCUT2D eigenvalue weighted by Gasteiger charge is 2.30. The lowest BCUT2D eigenvalue weighted by Crippen LogP contribution is -2.45. The first-order valence-corrected chi connectivity index (χ1v) is 9.49. The van der Waals surface area contributed by atoms with Gasteiger partial charge >= 0.3 is 0 Å². The fraction of sp³-hybridized carbons (Fsp3) is 0.600. The maximum Gasteiger partial charge on any atom is 0.253 e. The van der Waals surface area contributed by atoms with E-state index >= 15 is 0 Å². The number of nitrogens with zero attached hydrogens (tertiary/aromatic N) is 2. The first-order chi connectivity index (χ1) is 12.1. The van der Waals surface area contributed by atoms with Crippen molar-refractivity contribution < 1.29 is 14.0 Å². The Morgan fingerprint density at radius 1 is 0.800 bits per heavy atom. The van der Waals surface area contributed by atoms with Gasteiger partial charge < -0.3 is 9.80 Å². The molecule has 25 heavy (non-hydrogen) atoms. The van der Waals surface area contributed by atoms with Crippen LogP contribution in [0.25, 0.3) is 0 Å². The van der Waals surface area contributed by atoms with Crippen molar-refractivity contribution in [3.63, 3.8) is 0 Å². The summed E-state index contributed by atoms with van der Waals surface area (Å²) in [4.78, 5) is 29.1. The molecule has 0 spiro atoms. The molecule has 0 saturated carbocycles. The van der Waals surface area contributed by atoms with Crippen molar-refractivity contribution in [2.75, 3.05) is 26.2 Å². The van der Waals surface area contributed by atoms with E-state index in [0.717, 1.165) is 38.8 Å². The van der Waals surface area contributed by atoms with Crippen molar-refractivity contribution in [2.24, 2.45) is 5.92 Å². The molecular formula is C20H27FN2O2. The molecule has 2 aliphatic rings. The monoisotopic (exact) mass is 346 g/mol. The SMILES string of the molecule is O=C(c1ccc(F)cc1)N1CCC(C(=O)N2CCCCCCC2)CC1. The fourth-order valence-corrected chi connectivity index (χ4v) is 3.83. The number of rotatable bonds is 2. The van der Waals surface area contributed by atoms with E-state index in [2.05, 4.69) is 0 Å². The summed E-state index contributed by atoms with van der Waals surface area (Å²) in [7, 11) is 0. The van der Waals surface area contributed by atoms with Gasteiger partial charge in [0.05, 0.1) is 0 Å². The normalized spacial score (nSPS) is 20.0. The summed E-state index contributed by atoms with van der Waals surface area (Å²) in [6.45, 7) is 2.96. The van der Waals surface area contributed by atoms with Gasteiger partial charge in [-0.3, -0.25) is 9.59 Å². The molecule has 1 aromatic carbocycles. The van der Waals surface area contributed by atoms with E-state index < -0.39 is 0 Å². The average molecular weight is 346 g/mol. The number of piperidine rings is 1. The summed E-state index contributed by atoms with van der Waals surface area (Å²) in [5.74, 6) is -0.0984. The Hall–Kier alpha value is -1.91. The second-order valence-corrected chi connectivity index (χ2v) is 7.17. The number of likely N-dealkylation sites (tertiary alicyclic amines) is 2. The molecule has 0 aromatic heterocycles. The third-order valence-electron chi connectivity index (χ3n) is 5.39. The van der Waals surface area contributed by atoms with Crippen molar-refractivity contribution in [2.45, 2.75) is 44.9 Å². The lowest BCUT2D eigenvalue weighted by molar-refractivity contribution is -0.137. The number of carbonyl (C=O) groups excluding carboxylic acids is 2. The molecule has 0 atom stereocenters.